The largest absolute Gasteiger partial charge is 0.352 e. The number of carbonyl (C=O) groups excluding carboxylic acids is 1. The van der Waals surface area contributed by atoms with Gasteiger partial charge in [0.15, 0.2) is 0 Å². The van der Waals surface area contributed by atoms with E-state index in [1.54, 1.807) is 4.68 Å². The summed E-state index contributed by atoms with van der Waals surface area (Å²) in [6, 6.07) is 8.01. The number of tetrazole rings is 1. The predicted octanol–water partition coefficient (Wildman–Crippen LogP) is 1.66. The van der Waals surface area contributed by atoms with Crippen LogP contribution in [0.5, 0.6) is 0 Å². The zero-order chi connectivity index (χ0) is 17.1. The fourth-order valence-electron chi connectivity index (χ4n) is 4.19. The van der Waals surface area contributed by atoms with Gasteiger partial charge in [-0.05, 0) is 79.4 Å². The molecule has 3 heterocycles. The van der Waals surface area contributed by atoms with Crippen LogP contribution in [0.2, 0.25) is 0 Å². The first kappa shape index (κ1) is 16.2. The smallest absolute Gasteiger partial charge is 0.251 e. The lowest BCUT2D eigenvalue weighted by molar-refractivity contribution is 0.0575. The van der Waals surface area contributed by atoms with Gasteiger partial charge >= 0.3 is 0 Å². The Bertz CT molecular complexity index is 697. The molecule has 2 unspecified atom stereocenters. The highest BCUT2D eigenvalue weighted by molar-refractivity contribution is 5.94. The summed E-state index contributed by atoms with van der Waals surface area (Å²) in [5, 5.41) is 14.2. The number of fused-ring (bicyclic) bond motifs is 1. The van der Waals surface area contributed by atoms with Gasteiger partial charge < -0.3 is 10.2 Å². The van der Waals surface area contributed by atoms with Gasteiger partial charge in [0.2, 0.25) is 0 Å². The molecule has 7 heteroatoms. The number of amides is 1. The average Bonchev–Trinajstić information content (AvgIpc) is 3.21. The number of piperidine rings is 2. The molecule has 0 saturated carbocycles. The van der Waals surface area contributed by atoms with E-state index in [2.05, 4.69) is 25.7 Å². The van der Waals surface area contributed by atoms with Crippen molar-refractivity contribution >= 4 is 5.91 Å². The molecule has 2 aromatic rings. The fraction of sp³-hybridized carbons (Fsp3) is 0.556. The van der Waals surface area contributed by atoms with Crippen LogP contribution >= 0.6 is 0 Å². The zero-order valence-corrected chi connectivity index (χ0v) is 14.3. The molecule has 2 fully saturated rings. The van der Waals surface area contributed by atoms with Gasteiger partial charge in [-0.15, -0.1) is 5.10 Å². The standard InChI is InChI=1S/C18H24N6O/c25-18(14-6-8-16(9-7-14)24-13-20-21-22-24)19-12-15-4-3-11-23-10-2-1-5-17(15)23/h6-9,13,15,17H,1-5,10-12H2,(H,19,25). The van der Waals surface area contributed by atoms with Crippen molar-refractivity contribution in [3.8, 4) is 5.69 Å². The van der Waals surface area contributed by atoms with Crippen molar-refractivity contribution < 1.29 is 4.79 Å². The number of benzene rings is 1. The van der Waals surface area contributed by atoms with Gasteiger partial charge in [-0.25, -0.2) is 4.68 Å². The van der Waals surface area contributed by atoms with Gasteiger partial charge in [0, 0.05) is 18.2 Å². The van der Waals surface area contributed by atoms with Crippen molar-refractivity contribution in [3.63, 3.8) is 0 Å². The van der Waals surface area contributed by atoms with Gasteiger partial charge in [-0.1, -0.05) is 6.42 Å². The van der Waals surface area contributed by atoms with Crippen LogP contribution in [-0.2, 0) is 0 Å². The quantitative estimate of drug-likeness (QED) is 0.916. The molecule has 1 aromatic heterocycles. The minimum absolute atomic E-state index is 0.00352. The Morgan fingerprint density at radius 3 is 2.76 bits per heavy atom. The lowest BCUT2D eigenvalue weighted by Gasteiger charge is -2.44. The second-order valence-corrected chi connectivity index (χ2v) is 7.01. The summed E-state index contributed by atoms with van der Waals surface area (Å²) in [6.07, 6.45) is 7.93. The Morgan fingerprint density at radius 1 is 1.12 bits per heavy atom. The average molecular weight is 340 g/mol. The SMILES string of the molecule is O=C(NCC1CCCN2CCCCC12)c1ccc(-n2cnnn2)cc1. The van der Waals surface area contributed by atoms with Crippen molar-refractivity contribution in [2.24, 2.45) is 5.92 Å². The maximum absolute atomic E-state index is 12.5. The minimum atomic E-state index is -0.00352. The van der Waals surface area contributed by atoms with E-state index in [0.29, 0.717) is 17.5 Å². The van der Waals surface area contributed by atoms with Gasteiger partial charge in [-0.3, -0.25) is 4.79 Å². The molecule has 2 saturated heterocycles. The zero-order valence-electron chi connectivity index (χ0n) is 14.3. The highest BCUT2D eigenvalue weighted by Crippen LogP contribution is 2.30. The van der Waals surface area contributed by atoms with Crippen LogP contribution in [0.15, 0.2) is 30.6 Å². The maximum Gasteiger partial charge on any atom is 0.251 e. The van der Waals surface area contributed by atoms with E-state index in [0.717, 1.165) is 12.2 Å². The number of hydrogen-bond acceptors (Lipinski definition) is 5. The van der Waals surface area contributed by atoms with Crippen molar-refractivity contribution in [1.82, 2.24) is 30.4 Å². The van der Waals surface area contributed by atoms with E-state index in [4.69, 9.17) is 0 Å². The highest BCUT2D eigenvalue weighted by Gasteiger charge is 2.32. The van der Waals surface area contributed by atoms with Crippen LogP contribution < -0.4 is 5.32 Å². The van der Waals surface area contributed by atoms with Crippen molar-refractivity contribution in [3.05, 3.63) is 36.2 Å². The molecule has 0 spiro atoms. The molecular weight excluding hydrogens is 316 g/mol. The first-order valence-corrected chi connectivity index (χ1v) is 9.17. The summed E-state index contributed by atoms with van der Waals surface area (Å²) >= 11 is 0. The molecule has 7 nitrogen and oxygen atoms in total. The molecule has 2 atom stereocenters. The van der Waals surface area contributed by atoms with Crippen LogP contribution in [0.1, 0.15) is 42.5 Å². The molecule has 1 N–H and O–H groups in total. The molecule has 0 radical (unpaired) electrons. The molecule has 0 aliphatic carbocycles. The number of nitrogens with one attached hydrogen (secondary N) is 1. The first-order chi connectivity index (χ1) is 12.3. The topological polar surface area (TPSA) is 75.9 Å². The summed E-state index contributed by atoms with van der Waals surface area (Å²) in [4.78, 5) is 15.1. The van der Waals surface area contributed by atoms with E-state index >= 15 is 0 Å². The normalized spacial score (nSPS) is 23.8. The van der Waals surface area contributed by atoms with E-state index in [-0.39, 0.29) is 5.91 Å². The van der Waals surface area contributed by atoms with E-state index in [1.807, 2.05) is 24.3 Å². The predicted molar refractivity (Wildman–Crippen MR) is 93.4 cm³/mol. The van der Waals surface area contributed by atoms with E-state index in [1.165, 1.54) is 51.5 Å². The molecular formula is C18H24N6O. The van der Waals surface area contributed by atoms with Gasteiger partial charge in [0.05, 0.1) is 5.69 Å². The fourth-order valence-corrected chi connectivity index (χ4v) is 4.19. The molecule has 2 aliphatic heterocycles. The van der Waals surface area contributed by atoms with Crippen molar-refractivity contribution in [2.45, 2.75) is 38.1 Å². The molecule has 1 aromatic carbocycles. The lowest BCUT2D eigenvalue weighted by Crippen LogP contribution is -2.51. The maximum atomic E-state index is 12.5. The summed E-state index contributed by atoms with van der Waals surface area (Å²) in [5.41, 5.74) is 1.51. The van der Waals surface area contributed by atoms with Gasteiger partial charge in [0.25, 0.3) is 5.91 Å². The summed E-state index contributed by atoms with van der Waals surface area (Å²) in [6.45, 7) is 3.23. The molecule has 0 bridgehead atoms. The highest BCUT2D eigenvalue weighted by atomic mass is 16.1. The number of rotatable bonds is 4. The summed E-state index contributed by atoms with van der Waals surface area (Å²) in [7, 11) is 0. The third-order valence-corrected chi connectivity index (χ3v) is 5.50. The first-order valence-electron chi connectivity index (χ1n) is 9.17. The lowest BCUT2D eigenvalue weighted by atomic mass is 9.83. The molecule has 2 aliphatic rings. The van der Waals surface area contributed by atoms with Crippen LogP contribution in [-0.4, -0.2) is 56.7 Å². The molecule has 132 valence electrons. The Morgan fingerprint density at radius 2 is 1.96 bits per heavy atom. The number of aromatic nitrogens is 4. The third-order valence-electron chi connectivity index (χ3n) is 5.50. The molecule has 1 amide bonds. The Hall–Kier alpha value is -2.28. The third kappa shape index (κ3) is 3.56. The molecule has 25 heavy (non-hydrogen) atoms. The van der Waals surface area contributed by atoms with Gasteiger partial charge in [0.1, 0.15) is 6.33 Å². The number of nitrogens with zero attached hydrogens (tertiary/aromatic N) is 5. The molecule has 4 rings (SSSR count). The van der Waals surface area contributed by atoms with Crippen molar-refractivity contribution in [1.29, 1.82) is 0 Å². The van der Waals surface area contributed by atoms with Crippen LogP contribution in [0.4, 0.5) is 0 Å². The second-order valence-electron chi connectivity index (χ2n) is 7.01. The van der Waals surface area contributed by atoms with Gasteiger partial charge in [-0.2, -0.15) is 0 Å². The number of carbonyl (C=O) groups is 1. The number of hydrogen-bond donors (Lipinski definition) is 1. The van der Waals surface area contributed by atoms with Crippen LogP contribution in [0.3, 0.4) is 0 Å². The summed E-state index contributed by atoms with van der Waals surface area (Å²) in [5.74, 6) is 0.578. The van der Waals surface area contributed by atoms with E-state index < -0.39 is 0 Å². The monoisotopic (exact) mass is 340 g/mol. The second kappa shape index (κ2) is 7.31. The van der Waals surface area contributed by atoms with Crippen LogP contribution in [0.25, 0.3) is 5.69 Å². The summed E-state index contributed by atoms with van der Waals surface area (Å²) < 4.78 is 1.57. The Balaban J connectivity index is 1.35. The Kier molecular flexibility index (Phi) is 4.74. The van der Waals surface area contributed by atoms with E-state index in [9.17, 15) is 4.79 Å². The van der Waals surface area contributed by atoms with Crippen molar-refractivity contribution in [2.75, 3.05) is 19.6 Å². The Labute approximate surface area is 147 Å². The minimum Gasteiger partial charge on any atom is -0.352 e. The van der Waals surface area contributed by atoms with Crippen LogP contribution in [0, 0.1) is 5.92 Å².